The molecule has 18 heavy (non-hydrogen) atoms. The van der Waals surface area contributed by atoms with Crippen molar-refractivity contribution in [2.75, 3.05) is 26.7 Å². The molecule has 1 aliphatic rings. The number of likely N-dealkylation sites (tertiary alicyclic amines) is 1. The Morgan fingerprint density at radius 2 is 2.06 bits per heavy atom. The van der Waals surface area contributed by atoms with Crippen LogP contribution in [-0.2, 0) is 0 Å². The second-order valence-electron chi connectivity index (χ2n) is 4.74. The van der Waals surface area contributed by atoms with Crippen molar-refractivity contribution in [3.63, 3.8) is 0 Å². The van der Waals surface area contributed by atoms with Crippen molar-refractivity contribution in [3.8, 4) is 5.75 Å². The van der Waals surface area contributed by atoms with Crippen LogP contribution in [0.1, 0.15) is 30.9 Å². The third-order valence-corrected chi connectivity index (χ3v) is 3.91. The van der Waals surface area contributed by atoms with E-state index in [1.54, 1.807) is 7.11 Å². The minimum Gasteiger partial charge on any atom is -0.495 e. The molecule has 4 heteroatoms. The van der Waals surface area contributed by atoms with Gasteiger partial charge in [0.25, 0.3) is 0 Å². The molecule has 0 spiro atoms. The second-order valence-corrected chi connectivity index (χ2v) is 5.15. The molecule has 1 atom stereocenters. The van der Waals surface area contributed by atoms with Crippen molar-refractivity contribution in [2.24, 2.45) is 5.73 Å². The number of nitrogens with zero attached hydrogens (tertiary/aromatic N) is 1. The minimum absolute atomic E-state index is 0.272. The van der Waals surface area contributed by atoms with E-state index in [4.69, 9.17) is 22.1 Å². The van der Waals surface area contributed by atoms with Crippen molar-refractivity contribution in [1.82, 2.24) is 4.90 Å². The molecule has 3 nitrogen and oxygen atoms in total. The van der Waals surface area contributed by atoms with Gasteiger partial charge in [-0.25, -0.2) is 0 Å². The van der Waals surface area contributed by atoms with Gasteiger partial charge in [0, 0.05) is 12.6 Å². The molecule has 1 unspecified atom stereocenters. The largest absolute Gasteiger partial charge is 0.495 e. The van der Waals surface area contributed by atoms with Gasteiger partial charge >= 0.3 is 0 Å². The fraction of sp³-hybridized carbons (Fsp3) is 0.571. The van der Waals surface area contributed by atoms with Crippen molar-refractivity contribution >= 4 is 11.6 Å². The molecule has 1 aromatic rings. The fourth-order valence-corrected chi connectivity index (χ4v) is 2.88. The minimum atomic E-state index is 0.272. The van der Waals surface area contributed by atoms with E-state index in [-0.39, 0.29) is 6.04 Å². The average Bonchev–Trinajstić information content (AvgIpc) is 2.41. The van der Waals surface area contributed by atoms with Crippen LogP contribution in [0.5, 0.6) is 5.75 Å². The smallest absolute Gasteiger partial charge is 0.137 e. The number of nitrogens with two attached hydrogens (primary N) is 1. The normalized spacial score (nSPS) is 18.6. The standard InChI is InChI=1S/C14H21ClN2O/c1-18-14-6-5-11(9-12(14)15)13(10-16)17-7-3-2-4-8-17/h5-6,9,13H,2-4,7-8,10,16H2,1H3. The molecule has 1 saturated heterocycles. The number of hydrogen-bond acceptors (Lipinski definition) is 3. The molecular weight excluding hydrogens is 248 g/mol. The molecule has 1 aliphatic heterocycles. The third-order valence-electron chi connectivity index (χ3n) is 3.62. The zero-order chi connectivity index (χ0) is 13.0. The highest BCUT2D eigenvalue weighted by Gasteiger charge is 2.21. The first-order valence-corrected chi connectivity index (χ1v) is 6.91. The number of benzene rings is 1. The zero-order valence-electron chi connectivity index (χ0n) is 10.9. The maximum absolute atomic E-state index is 6.19. The Morgan fingerprint density at radius 1 is 1.33 bits per heavy atom. The van der Waals surface area contributed by atoms with Crippen LogP contribution in [0.15, 0.2) is 18.2 Å². The molecule has 1 fully saturated rings. The van der Waals surface area contributed by atoms with Gasteiger partial charge in [0.1, 0.15) is 5.75 Å². The van der Waals surface area contributed by atoms with Crippen LogP contribution in [0.4, 0.5) is 0 Å². The predicted octanol–water partition coefficient (Wildman–Crippen LogP) is 2.83. The molecule has 1 heterocycles. The van der Waals surface area contributed by atoms with E-state index in [1.807, 2.05) is 12.1 Å². The Balaban J connectivity index is 2.18. The number of rotatable bonds is 4. The molecule has 0 aromatic heterocycles. The molecule has 2 rings (SSSR count). The van der Waals surface area contributed by atoms with E-state index in [9.17, 15) is 0 Å². The van der Waals surface area contributed by atoms with Crippen LogP contribution in [0.2, 0.25) is 5.02 Å². The lowest BCUT2D eigenvalue weighted by Crippen LogP contribution is -2.37. The van der Waals surface area contributed by atoms with Gasteiger partial charge in [-0.2, -0.15) is 0 Å². The monoisotopic (exact) mass is 268 g/mol. The van der Waals surface area contributed by atoms with Crippen molar-refractivity contribution in [1.29, 1.82) is 0 Å². The lowest BCUT2D eigenvalue weighted by molar-refractivity contribution is 0.167. The van der Waals surface area contributed by atoms with Gasteiger partial charge in [-0.1, -0.05) is 24.1 Å². The van der Waals surface area contributed by atoms with E-state index in [1.165, 1.54) is 24.8 Å². The first-order chi connectivity index (χ1) is 8.76. The van der Waals surface area contributed by atoms with E-state index < -0.39 is 0 Å². The van der Waals surface area contributed by atoms with Gasteiger partial charge in [-0.05, 0) is 43.6 Å². The first-order valence-electron chi connectivity index (χ1n) is 6.54. The Hall–Kier alpha value is -0.770. The molecule has 2 N–H and O–H groups in total. The Morgan fingerprint density at radius 3 is 2.61 bits per heavy atom. The summed E-state index contributed by atoms with van der Waals surface area (Å²) in [7, 11) is 1.63. The summed E-state index contributed by atoms with van der Waals surface area (Å²) in [5.41, 5.74) is 7.13. The molecule has 1 aromatic carbocycles. The SMILES string of the molecule is COc1ccc(C(CN)N2CCCCC2)cc1Cl. The van der Waals surface area contributed by atoms with Crippen molar-refractivity contribution < 1.29 is 4.74 Å². The predicted molar refractivity (Wildman–Crippen MR) is 75.2 cm³/mol. The highest BCUT2D eigenvalue weighted by Crippen LogP contribution is 2.30. The summed E-state index contributed by atoms with van der Waals surface area (Å²) in [5, 5.41) is 0.658. The molecule has 0 aliphatic carbocycles. The van der Waals surface area contributed by atoms with Gasteiger partial charge in [0.2, 0.25) is 0 Å². The number of hydrogen-bond donors (Lipinski definition) is 1. The molecule has 0 radical (unpaired) electrons. The van der Waals surface area contributed by atoms with Crippen LogP contribution in [0, 0.1) is 0 Å². The van der Waals surface area contributed by atoms with E-state index in [2.05, 4.69) is 11.0 Å². The van der Waals surface area contributed by atoms with Crippen LogP contribution in [0.3, 0.4) is 0 Å². The lowest BCUT2D eigenvalue weighted by Gasteiger charge is -2.34. The molecule has 0 amide bonds. The highest BCUT2D eigenvalue weighted by molar-refractivity contribution is 6.32. The van der Waals surface area contributed by atoms with Crippen LogP contribution < -0.4 is 10.5 Å². The summed E-state index contributed by atoms with van der Waals surface area (Å²) < 4.78 is 5.18. The van der Waals surface area contributed by atoms with E-state index in [0.29, 0.717) is 11.6 Å². The summed E-state index contributed by atoms with van der Waals surface area (Å²) >= 11 is 6.19. The maximum atomic E-state index is 6.19. The van der Waals surface area contributed by atoms with Gasteiger partial charge in [0.05, 0.1) is 12.1 Å². The number of piperidine rings is 1. The van der Waals surface area contributed by atoms with Crippen LogP contribution >= 0.6 is 11.6 Å². The lowest BCUT2D eigenvalue weighted by atomic mass is 10.0. The summed E-state index contributed by atoms with van der Waals surface area (Å²) in [5.74, 6) is 0.717. The second kappa shape index (κ2) is 6.41. The number of methoxy groups -OCH3 is 1. The van der Waals surface area contributed by atoms with Crippen LogP contribution in [0.25, 0.3) is 0 Å². The van der Waals surface area contributed by atoms with Crippen molar-refractivity contribution in [2.45, 2.75) is 25.3 Å². The summed E-state index contributed by atoms with van der Waals surface area (Å²) in [4.78, 5) is 2.46. The van der Waals surface area contributed by atoms with Crippen LogP contribution in [-0.4, -0.2) is 31.6 Å². The third kappa shape index (κ3) is 2.97. The first kappa shape index (κ1) is 13.7. The topological polar surface area (TPSA) is 38.5 Å². The van der Waals surface area contributed by atoms with Crippen molar-refractivity contribution in [3.05, 3.63) is 28.8 Å². The fourth-order valence-electron chi connectivity index (χ4n) is 2.62. The van der Waals surface area contributed by atoms with Gasteiger partial charge in [0.15, 0.2) is 0 Å². The molecule has 0 saturated carbocycles. The number of halogens is 1. The zero-order valence-corrected chi connectivity index (χ0v) is 11.6. The Kier molecular flexibility index (Phi) is 4.87. The Bertz CT molecular complexity index is 391. The van der Waals surface area contributed by atoms with Gasteiger partial charge < -0.3 is 10.5 Å². The van der Waals surface area contributed by atoms with Gasteiger partial charge in [-0.15, -0.1) is 0 Å². The summed E-state index contributed by atoms with van der Waals surface area (Å²) in [6.07, 6.45) is 3.86. The van der Waals surface area contributed by atoms with E-state index >= 15 is 0 Å². The molecule has 0 bridgehead atoms. The van der Waals surface area contributed by atoms with E-state index in [0.717, 1.165) is 18.8 Å². The Labute approximate surface area is 114 Å². The number of ether oxygens (including phenoxy) is 1. The average molecular weight is 269 g/mol. The molecular formula is C14H21ClN2O. The molecule has 100 valence electrons. The van der Waals surface area contributed by atoms with Gasteiger partial charge in [-0.3, -0.25) is 4.90 Å². The summed E-state index contributed by atoms with van der Waals surface area (Å²) in [6, 6.07) is 6.24. The maximum Gasteiger partial charge on any atom is 0.137 e. The highest BCUT2D eigenvalue weighted by atomic mass is 35.5. The summed E-state index contributed by atoms with van der Waals surface area (Å²) in [6.45, 7) is 2.89. The quantitative estimate of drug-likeness (QED) is 0.913.